The van der Waals surface area contributed by atoms with Gasteiger partial charge in [0.25, 0.3) is 0 Å². The van der Waals surface area contributed by atoms with Crippen LogP contribution in [0, 0.1) is 0 Å². The fraction of sp³-hybridized carbons (Fsp3) is 0.333. The van der Waals surface area contributed by atoms with Gasteiger partial charge in [0.15, 0.2) is 0 Å². The predicted octanol–water partition coefficient (Wildman–Crippen LogP) is 4.12. The van der Waals surface area contributed by atoms with Crippen molar-refractivity contribution in [2.75, 3.05) is 6.61 Å². The number of rotatable bonds is 6. The average Bonchev–Trinajstić information content (AvgIpc) is 2.49. The van der Waals surface area contributed by atoms with E-state index in [9.17, 15) is 5.11 Å². The second kappa shape index (κ2) is 7.11. The summed E-state index contributed by atoms with van der Waals surface area (Å²) in [5.41, 5.74) is 3.02. The molecule has 0 aliphatic rings. The van der Waals surface area contributed by atoms with E-state index in [0.717, 1.165) is 29.7 Å². The SMILES string of the molecule is CCCc1ccc(C(O)c2ccccc2OCC)cc1. The molecule has 0 fully saturated rings. The summed E-state index contributed by atoms with van der Waals surface area (Å²) < 4.78 is 5.58. The molecular weight excluding hydrogens is 248 g/mol. The van der Waals surface area contributed by atoms with E-state index in [1.54, 1.807) is 0 Å². The van der Waals surface area contributed by atoms with E-state index in [4.69, 9.17) is 4.74 Å². The Morgan fingerprint density at radius 2 is 1.70 bits per heavy atom. The zero-order chi connectivity index (χ0) is 14.4. The van der Waals surface area contributed by atoms with Gasteiger partial charge in [0.2, 0.25) is 0 Å². The van der Waals surface area contributed by atoms with Gasteiger partial charge in [0, 0.05) is 5.56 Å². The molecule has 0 amide bonds. The van der Waals surface area contributed by atoms with Crippen molar-refractivity contribution < 1.29 is 9.84 Å². The first-order chi connectivity index (χ1) is 9.76. The molecule has 0 spiro atoms. The van der Waals surface area contributed by atoms with Crippen molar-refractivity contribution in [3.63, 3.8) is 0 Å². The maximum atomic E-state index is 10.5. The van der Waals surface area contributed by atoms with Crippen LogP contribution in [0.2, 0.25) is 0 Å². The number of benzene rings is 2. The van der Waals surface area contributed by atoms with E-state index in [0.29, 0.717) is 6.61 Å². The number of aliphatic hydroxyl groups excluding tert-OH is 1. The Labute approximate surface area is 121 Å². The van der Waals surface area contributed by atoms with Crippen LogP contribution in [0.25, 0.3) is 0 Å². The smallest absolute Gasteiger partial charge is 0.125 e. The molecule has 0 aromatic heterocycles. The number of hydrogen-bond donors (Lipinski definition) is 1. The van der Waals surface area contributed by atoms with Crippen LogP contribution in [-0.2, 0) is 6.42 Å². The molecule has 2 nitrogen and oxygen atoms in total. The van der Waals surface area contributed by atoms with Crippen LogP contribution >= 0.6 is 0 Å². The number of aryl methyl sites for hydroxylation is 1. The highest BCUT2D eigenvalue weighted by molar-refractivity contribution is 5.40. The Bertz CT molecular complexity index is 531. The molecule has 2 aromatic carbocycles. The normalized spacial score (nSPS) is 12.2. The van der Waals surface area contributed by atoms with Crippen LogP contribution in [-0.4, -0.2) is 11.7 Å². The van der Waals surface area contributed by atoms with Crippen LogP contribution in [0.5, 0.6) is 5.75 Å². The van der Waals surface area contributed by atoms with Crippen molar-refractivity contribution >= 4 is 0 Å². The summed E-state index contributed by atoms with van der Waals surface area (Å²) in [4.78, 5) is 0. The van der Waals surface area contributed by atoms with Crippen molar-refractivity contribution in [2.24, 2.45) is 0 Å². The molecule has 1 atom stereocenters. The fourth-order valence-electron chi connectivity index (χ4n) is 2.33. The zero-order valence-electron chi connectivity index (χ0n) is 12.2. The molecule has 0 aliphatic heterocycles. The van der Waals surface area contributed by atoms with E-state index in [-0.39, 0.29) is 0 Å². The van der Waals surface area contributed by atoms with Gasteiger partial charge in [-0.05, 0) is 30.5 Å². The first kappa shape index (κ1) is 14.6. The second-order valence-corrected chi connectivity index (χ2v) is 4.86. The van der Waals surface area contributed by atoms with Gasteiger partial charge in [-0.2, -0.15) is 0 Å². The van der Waals surface area contributed by atoms with Crippen molar-refractivity contribution in [1.82, 2.24) is 0 Å². The molecule has 0 heterocycles. The predicted molar refractivity (Wildman–Crippen MR) is 82.1 cm³/mol. The lowest BCUT2D eigenvalue weighted by atomic mass is 9.99. The molecule has 106 valence electrons. The quantitative estimate of drug-likeness (QED) is 0.855. The topological polar surface area (TPSA) is 29.5 Å². The lowest BCUT2D eigenvalue weighted by molar-refractivity contribution is 0.212. The summed E-state index contributed by atoms with van der Waals surface area (Å²) in [6.07, 6.45) is 1.56. The third-order valence-electron chi connectivity index (χ3n) is 3.35. The molecule has 0 aliphatic carbocycles. The fourth-order valence-corrected chi connectivity index (χ4v) is 2.33. The van der Waals surface area contributed by atoms with Crippen LogP contribution in [0.1, 0.15) is 43.1 Å². The van der Waals surface area contributed by atoms with Gasteiger partial charge in [-0.25, -0.2) is 0 Å². The first-order valence-electron chi connectivity index (χ1n) is 7.24. The third kappa shape index (κ3) is 3.40. The number of para-hydroxylation sites is 1. The first-order valence-corrected chi connectivity index (χ1v) is 7.24. The van der Waals surface area contributed by atoms with Crippen molar-refractivity contribution in [2.45, 2.75) is 32.8 Å². The third-order valence-corrected chi connectivity index (χ3v) is 3.35. The maximum Gasteiger partial charge on any atom is 0.125 e. The summed E-state index contributed by atoms with van der Waals surface area (Å²) in [5.74, 6) is 0.750. The second-order valence-electron chi connectivity index (χ2n) is 4.86. The van der Waals surface area contributed by atoms with E-state index < -0.39 is 6.10 Å². The monoisotopic (exact) mass is 270 g/mol. The van der Waals surface area contributed by atoms with Crippen LogP contribution in [0.15, 0.2) is 48.5 Å². The van der Waals surface area contributed by atoms with Gasteiger partial charge in [0.1, 0.15) is 11.9 Å². The van der Waals surface area contributed by atoms with Gasteiger partial charge in [-0.1, -0.05) is 55.8 Å². The zero-order valence-corrected chi connectivity index (χ0v) is 12.2. The number of hydrogen-bond acceptors (Lipinski definition) is 2. The molecule has 1 unspecified atom stereocenters. The molecule has 0 radical (unpaired) electrons. The molecular formula is C18H22O2. The molecule has 20 heavy (non-hydrogen) atoms. The highest BCUT2D eigenvalue weighted by Crippen LogP contribution is 2.30. The minimum Gasteiger partial charge on any atom is -0.493 e. The van der Waals surface area contributed by atoms with Gasteiger partial charge in [-0.3, -0.25) is 0 Å². The molecule has 2 heteroatoms. The summed E-state index contributed by atoms with van der Waals surface area (Å²) in [6, 6.07) is 15.8. The summed E-state index contributed by atoms with van der Waals surface area (Å²) in [7, 11) is 0. The summed E-state index contributed by atoms with van der Waals surface area (Å²) in [5, 5.41) is 10.5. The molecule has 1 N–H and O–H groups in total. The van der Waals surface area contributed by atoms with Crippen molar-refractivity contribution in [3.05, 3.63) is 65.2 Å². The largest absolute Gasteiger partial charge is 0.493 e. The molecule has 2 aromatic rings. The Hall–Kier alpha value is -1.80. The van der Waals surface area contributed by atoms with Crippen LogP contribution < -0.4 is 4.74 Å². The minimum absolute atomic E-state index is 0.596. The lowest BCUT2D eigenvalue weighted by Gasteiger charge is -2.16. The van der Waals surface area contributed by atoms with E-state index in [1.807, 2.05) is 43.3 Å². The Morgan fingerprint density at radius 3 is 2.35 bits per heavy atom. The average molecular weight is 270 g/mol. The van der Waals surface area contributed by atoms with Gasteiger partial charge < -0.3 is 9.84 Å². The highest BCUT2D eigenvalue weighted by atomic mass is 16.5. The Balaban J connectivity index is 2.24. The minimum atomic E-state index is -0.645. The van der Waals surface area contributed by atoms with E-state index in [1.165, 1.54) is 5.56 Å². The number of aliphatic hydroxyl groups is 1. The standard InChI is InChI=1S/C18H22O2/c1-3-7-14-10-12-15(13-11-14)18(19)16-8-5-6-9-17(16)20-4-2/h5-6,8-13,18-19H,3-4,7H2,1-2H3. The highest BCUT2D eigenvalue weighted by Gasteiger charge is 2.14. The summed E-state index contributed by atoms with van der Waals surface area (Å²) >= 11 is 0. The summed E-state index contributed by atoms with van der Waals surface area (Å²) in [6.45, 7) is 4.71. The molecule has 0 saturated carbocycles. The maximum absolute atomic E-state index is 10.5. The van der Waals surface area contributed by atoms with Crippen LogP contribution in [0.4, 0.5) is 0 Å². The van der Waals surface area contributed by atoms with Crippen molar-refractivity contribution in [1.29, 1.82) is 0 Å². The lowest BCUT2D eigenvalue weighted by Crippen LogP contribution is -2.04. The van der Waals surface area contributed by atoms with E-state index >= 15 is 0 Å². The molecule has 0 saturated heterocycles. The molecule has 0 bridgehead atoms. The van der Waals surface area contributed by atoms with Crippen molar-refractivity contribution in [3.8, 4) is 5.75 Å². The van der Waals surface area contributed by atoms with Gasteiger partial charge in [-0.15, -0.1) is 0 Å². The van der Waals surface area contributed by atoms with Gasteiger partial charge >= 0.3 is 0 Å². The van der Waals surface area contributed by atoms with E-state index in [2.05, 4.69) is 19.1 Å². The van der Waals surface area contributed by atoms with Gasteiger partial charge in [0.05, 0.1) is 6.61 Å². The molecule has 2 rings (SSSR count). The van der Waals surface area contributed by atoms with Crippen LogP contribution in [0.3, 0.4) is 0 Å². The Morgan fingerprint density at radius 1 is 1.00 bits per heavy atom. The Kier molecular flexibility index (Phi) is 5.19. The number of ether oxygens (including phenoxy) is 1.